The SMILES string of the molecule is CCn1cnnc1CNC(=O)c1cc(N)ncc1Cl. The van der Waals surface area contributed by atoms with Gasteiger partial charge in [-0.05, 0) is 13.0 Å². The fraction of sp³-hybridized carbons (Fsp3) is 0.273. The molecule has 7 nitrogen and oxygen atoms in total. The minimum Gasteiger partial charge on any atom is -0.384 e. The number of pyridine rings is 1. The lowest BCUT2D eigenvalue weighted by atomic mass is 10.2. The van der Waals surface area contributed by atoms with Crippen LogP contribution in [0.25, 0.3) is 0 Å². The third kappa shape index (κ3) is 3.00. The van der Waals surface area contributed by atoms with Gasteiger partial charge in [0.05, 0.1) is 17.1 Å². The summed E-state index contributed by atoms with van der Waals surface area (Å²) in [6.45, 7) is 2.97. The van der Waals surface area contributed by atoms with E-state index in [2.05, 4.69) is 20.5 Å². The number of rotatable bonds is 4. The zero-order chi connectivity index (χ0) is 13.8. The van der Waals surface area contributed by atoms with Crippen molar-refractivity contribution >= 4 is 23.3 Å². The van der Waals surface area contributed by atoms with Crippen molar-refractivity contribution in [1.29, 1.82) is 0 Å². The van der Waals surface area contributed by atoms with Crippen LogP contribution in [-0.4, -0.2) is 25.7 Å². The van der Waals surface area contributed by atoms with Gasteiger partial charge in [0.15, 0.2) is 5.82 Å². The summed E-state index contributed by atoms with van der Waals surface area (Å²) < 4.78 is 1.84. The van der Waals surface area contributed by atoms with Crippen LogP contribution in [0.4, 0.5) is 5.82 Å². The summed E-state index contributed by atoms with van der Waals surface area (Å²) in [5.41, 5.74) is 5.81. The largest absolute Gasteiger partial charge is 0.384 e. The third-order valence-corrected chi connectivity index (χ3v) is 2.87. The second-order valence-corrected chi connectivity index (χ2v) is 4.21. The normalized spacial score (nSPS) is 10.4. The van der Waals surface area contributed by atoms with Crippen molar-refractivity contribution in [2.45, 2.75) is 20.0 Å². The number of carbonyl (C=O) groups is 1. The first-order valence-electron chi connectivity index (χ1n) is 5.67. The van der Waals surface area contributed by atoms with Crippen LogP contribution in [0.15, 0.2) is 18.6 Å². The molecular formula is C11H13ClN6O. The van der Waals surface area contributed by atoms with Gasteiger partial charge in [0.1, 0.15) is 12.1 Å². The summed E-state index contributed by atoms with van der Waals surface area (Å²) in [6, 6.07) is 1.43. The van der Waals surface area contributed by atoms with Crippen molar-refractivity contribution in [3.8, 4) is 0 Å². The van der Waals surface area contributed by atoms with Gasteiger partial charge in [-0.3, -0.25) is 4.79 Å². The lowest BCUT2D eigenvalue weighted by Crippen LogP contribution is -2.25. The van der Waals surface area contributed by atoms with Gasteiger partial charge in [0.2, 0.25) is 0 Å². The first-order chi connectivity index (χ1) is 9.11. The molecule has 8 heteroatoms. The Bertz CT molecular complexity index is 597. The summed E-state index contributed by atoms with van der Waals surface area (Å²) in [7, 11) is 0. The van der Waals surface area contributed by atoms with E-state index in [4.69, 9.17) is 17.3 Å². The maximum atomic E-state index is 12.0. The van der Waals surface area contributed by atoms with Gasteiger partial charge in [-0.2, -0.15) is 0 Å². The van der Waals surface area contributed by atoms with E-state index in [9.17, 15) is 4.79 Å². The number of nitrogens with one attached hydrogen (secondary N) is 1. The topological polar surface area (TPSA) is 98.7 Å². The number of halogens is 1. The molecular weight excluding hydrogens is 268 g/mol. The molecule has 0 spiro atoms. The highest BCUT2D eigenvalue weighted by Crippen LogP contribution is 2.16. The number of amides is 1. The summed E-state index contributed by atoms with van der Waals surface area (Å²) >= 11 is 5.90. The summed E-state index contributed by atoms with van der Waals surface area (Å²) in [6.07, 6.45) is 2.96. The number of hydrogen-bond donors (Lipinski definition) is 2. The van der Waals surface area contributed by atoms with Crippen LogP contribution in [0.3, 0.4) is 0 Å². The van der Waals surface area contributed by atoms with Crippen molar-refractivity contribution in [2.75, 3.05) is 5.73 Å². The number of aryl methyl sites for hydroxylation is 1. The Kier molecular flexibility index (Phi) is 3.96. The highest BCUT2D eigenvalue weighted by molar-refractivity contribution is 6.33. The zero-order valence-corrected chi connectivity index (χ0v) is 11.1. The van der Waals surface area contributed by atoms with E-state index in [0.29, 0.717) is 5.82 Å². The van der Waals surface area contributed by atoms with Gasteiger partial charge in [0.25, 0.3) is 5.91 Å². The Morgan fingerprint density at radius 1 is 1.58 bits per heavy atom. The molecule has 2 heterocycles. The molecule has 3 N–H and O–H groups in total. The van der Waals surface area contributed by atoms with Gasteiger partial charge in [0, 0.05) is 12.7 Å². The van der Waals surface area contributed by atoms with Crippen molar-refractivity contribution in [1.82, 2.24) is 25.1 Å². The molecule has 100 valence electrons. The van der Waals surface area contributed by atoms with E-state index in [1.165, 1.54) is 12.3 Å². The van der Waals surface area contributed by atoms with Gasteiger partial charge < -0.3 is 15.6 Å². The van der Waals surface area contributed by atoms with E-state index in [1.54, 1.807) is 6.33 Å². The fourth-order valence-electron chi connectivity index (χ4n) is 1.56. The van der Waals surface area contributed by atoms with E-state index in [1.807, 2.05) is 11.5 Å². The molecule has 0 saturated carbocycles. The molecule has 0 bridgehead atoms. The molecule has 0 aliphatic carbocycles. The fourth-order valence-corrected chi connectivity index (χ4v) is 1.75. The van der Waals surface area contributed by atoms with Gasteiger partial charge in [-0.25, -0.2) is 4.98 Å². The molecule has 0 radical (unpaired) electrons. The molecule has 0 atom stereocenters. The number of anilines is 1. The molecule has 2 aromatic rings. The smallest absolute Gasteiger partial charge is 0.253 e. The Balaban J connectivity index is 2.07. The second-order valence-electron chi connectivity index (χ2n) is 3.80. The maximum absolute atomic E-state index is 12.0. The lowest BCUT2D eigenvalue weighted by Gasteiger charge is -2.07. The van der Waals surface area contributed by atoms with Crippen molar-refractivity contribution < 1.29 is 4.79 Å². The third-order valence-electron chi connectivity index (χ3n) is 2.56. The number of nitrogens with two attached hydrogens (primary N) is 1. The van der Waals surface area contributed by atoms with Crippen LogP contribution in [0.5, 0.6) is 0 Å². The number of nitrogens with zero attached hydrogens (tertiary/aromatic N) is 4. The zero-order valence-electron chi connectivity index (χ0n) is 10.3. The molecule has 2 aromatic heterocycles. The Hall–Kier alpha value is -2.15. The standard InChI is InChI=1S/C11H13ClN6O/c1-2-18-6-16-17-10(18)5-15-11(19)7-3-9(13)14-4-8(7)12/h3-4,6H,2,5H2,1H3,(H2,13,14)(H,15,19). The van der Waals surface area contributed by atoms with Crippen LogP contribution in [0, 0.1) is 0 Å². The molecule has 1 amide bonds. The average molecular weight is 281 g/mol. The molecule has 2 rings (SSSR count). The van der Waals surface area contributed by atoms with E-state index in [-0.39, 0.29) is 28.9 Å². The summed E-state index contributed by atoms with van der Waals surface area (Å²) in [4.78, 5) is 15.8. The molecule has 0 fully saturated rings. The Labute approximate surface area is 114 Å². The lowest BCUT2D eigenvalue weighted by molar-refractivity contribution is 0.0949. The van der Waals surface area contributed by atoms with E-state index in [0.717, 1.165) is 6.54 Å². The maximum Gasteiger partial charge on any atom is 0.253 e. The predicted molar refractivity (Wildman–Crippen MR) is 70.5 cm³/mol. The van der Waals surface area contributed by atoms with Crippen LogP contribution < -0.4 is 11.1 Å². The average Bonchev–Trinajstić information content (AvgIpc) is 2.86. The predicted octanol–water partition coefficient (Wildman–Crippen LogP) is 0.859. The van der Waals surface area contributed by atoms with Crippen molar-refractivity contribution in [2.24, 2.45) is 0 Å². The molecule has 19 heavy (non-hydrogen) atoms. The van der Waals surface area contributed by atoms with Gasteiger partial charge in [-0.1, -0.05) is 11.6 Å². The van der Waals surface area contributed by atoms with E-state index >= 15 is 0 Å². The minimum atomic E-state index is -0.329. The number of nitrogen functional groups attached to an aromatic ring is 1. The van der Waals surface area contributed by atoms with Crippen molar-refractivity contribution in [3.63, 3.8) is 0 Å². The highest BCUT2D eigenvalue weighted by atomic mass is 35.5. The minimum absolute atomic E-state index is 0.242. The molecule has 0 unspecified atom stereocenters. The number of hydrogen-bond acceptors (Lipinski definition) is 5. The number of aromatic nitrogens is 4. The van der Waals surface area contributed by atoms with Gasteiger partial charge in [-0.15, -0.1) is 10.2 Å². The number of carbonyl (C=O) groups excluding carboxylic acids is 1. The monoisotopic (exact) mass is 280 g/mol. The Morgan fingerprint density at radius 2 is 2.37 bits per heavy atom. The van der Waals surface area contributed by atoms with Crippen molar-refractivity contribution in [3.05, 3.63) is 35.0 Å². The summed E-state index contributed by atoms with van der Waals surface area (Å²) in [5.74, 6) is 0.588. The highest BCUT2D eigenvalue weighted by Gasteiger charge is 2.12. The Morgan fingerprint density at radius 3 is 3.11 bits per heavy atom. The molecule has 0 aromatic carbocycles. The molecule has 0 saturated heterocycles. The van der Waals surface area contributed by atoms with Crippen LogP contribution in [0.2, 0.25) is 5.02 Å². The first kappa shape index (κ1) is 13.3. The first-order valence-corrected chi connectivity index (χ1v) is 6.05. The van der Waals surface area contributed by atoms with Crippen LogP contribution in [0.1, 0.15) is 23.1 Å². The van der Waals surface area contributed by atoms with Crippen LogP contribution in [-0.2, 0) is 13.1 Å². The summed E-state index contributed by atoms with van der Waals surface area (Å²) in [5, 5.41) is 10.7. The molecule has 0 aliphatic heterocycles. The quantitative estimate of drug-likeness (QED) is 0.865. The molecule has 0 aliphatic rings. The second kappa shape index (κ2) is 5.66. The van der Waals surface area contributed by atoms with Crippen LogP contribution >= 0.6 is 11.6 Å². The van der Waals surface area contributed by atoms with E-state index < -0.39 is 0 Å². The van der Waals surface area contributed by atoms with Gasteiger partial charge >= 0.3 is 0 Å².